The molecule has 8 heteroatoms. The van der Waals surface area contributed by atoms with Gasteiger partial charge in [0, 0.05) is 42.2 Å². The molecule has 6 nitrogen and oxygen atoms in total. The molecule has 4 aliphatic carbocycles. The lowest BCUT2D eigenvalue weighted by atomic mass is 9.53. The highest BCUT2D eigenvalue weighted by Gasteiger charge is 2.55. The Hall–Kier alpha value is -2.64. The molecule has 0 aliphatic heterocycles. The van der Waals surface area contributed by atoms with Crippen molar-refractivity contribution in [2.75, 3.05) is 0 Å². The number of hydrogen-bond donors (Lipinski definition) is 0. The van der Waals surface area contributed by atoms with Gasteiger partial charge in [-0.1, -0.05) is 24.3 Å². The van der Waals surface area contributed by atoms with E-state index < -0.39 is 5.92 Å². The molecule has 4 fully saturated rings. The summed E-state index contributed by atoms with van der Waals surface area (Å²) in [5, 5.41) is 17.7. The van der Waals surface area contributed by atoms with Crippen LogP contribution in [0.2, 0.25) is 0 Å². The summed E-state index contributed by atoms with van der Waals surface area (Å²) in [5.74, 6) is 0.127. The first kappa shape index (κ1) is 20.0. The second-order valence-electron chi connectivity index (χ2n) is 10.2. The van der Waals surface area contributed by atoms with E-state index in [0.717, 1.165) is 55.7 Å². The van der Waals surface area contributed by atoms with Crippen LogP contribution in [0, 0.1) is 6.92 Å². The monoisotopic (exact) mass is 439 g/mol. The second-order valence-corrected chi connectivity index (χ2v) is 10.2. The fourth-order valence-corrected chi connectivity index (χ4v) is 6.14. The molecule has 3 aromatic rings. The van der Waals surface area contributed by atoms with E-state index in [2.05, 4.69) is 51.1 Å². The summed E-state index contributed by atoms with van der Waals surface area (Å²) in [6, 6.07) is 8.27. The first-order valence-corrected chi connectivity index (χ1v) is 11.5. The van der Waals surface area contributed by atoms with E-state index in [1.807, 2.05) is 12.1 Å². The summed E-state index contributed by atoms with van der Waals surface area (Å²) in [6.07, 6.45) is 5.45. The summed E-state index contributed by atoms with van der Waals surface area (Å²) in [4.78, 5) is 0. The lowest BCUT2D eigenvalue weighted by Crippen LogP contribution is -2.47. The van der Waals surface area contributed by atoms with Crippen molar-refractivity contribution in [3.05, 3.63) is 47.4 Å². The molecular formula is C24H27F2N5O. The fraction of sp³-hybridized carbons (Fsp3) is 0.583. The highest BCUT2D eigenvalue weighted by atomic mass is 19.3. The molecule has 168 valence electrons. The van der Waals surface area contributed by atoms with E-state index in [4.69, 9.17) is 4.42 Å². The van der Waals surface area contributed by atoms with Gasteiger partial charge in [-0.3, -0.25) is 0 Å². The van der Waals surface area contributed by atoms with Crippen LogP contribution in [0.5, 0.6) is 0 Å². The molecule has 2 aromatic heterocycles. The zero-order chi connectivity index (χ0) is 22.1. The molecule has 0 unspecified atom stereocenters. The number of aryl methyl sites for hydroxylation is 1. The highest BCUT2D eigenvalue weighted by Crippen LogP contribution is 2.58. The van der Waals surface area contributed by atoms with Crippen LogP contribution in [0.3, 0.4) is 0 Å². The van der Waals surface area contributed by atoms with Crippen LogP contribution in [-0.4, -0.2) is 30.9 Å². The highest BCUT2D eigenvalue weighted by molar-refractivity contribution is 5.60. The summed E-state index contributed by atoms with van der Waals surface area (Å²) in [6.45, 7) is 2.10. The SMILES string of the molecule is Cc1ccccc1-c1nnc(C23CCC(c4nnc(C5CC(F)(F)C5)o4)(CC2)CC3)n1C. The molecule has 4 saturated carbocycles. The van der Waals surface area contributed by atoms with Gasteiger partial charge in [0.25, 0.3) is 0 Å². The fourth-order valence-electron chi connectivity index (χ4n) is 6.14. The van der Waals surface area contributed by atoms with Crippen molar-refractivity contribution >= 4 is 0 Å². The van der Waals surface area contributed by atoms with Crippen molar-refractivity contribution in [1.29, 1.82) is 0 Å². The maximum Gasteiger partial charge on any atom is 0.249 e. The number of aromatic nitrogens is 5. The topological polar surface area (TPSA) is 69.6 Å². The molecule has 0 radical (unpaired) electrons. The predicted molar refractivity (Wildman–Crippen MR) is 113 cm³/mol. The van der Waals surface area contributed by atoms with Crippen molar-refractivity contribution in [2.24, 2.45) is 7.05 Å². The first-order valence-electron chi connectivity index (χ1n) is 11.5. The molecule has 4 aliphatic rings. The number of fused-ring (bicyclic) bond motifs is 3. The van der Waals surface area contributed by atoms with Gasteiger partial charge in [0.15, 0.2) is 5.82 Å². The van der Waals surface area contributed by atoms with Gasteiger partial charge in [-0.25, -0.2) is 8.78 Å². The largest absolute Gasteiger partial charge is 0.424 e. The van der Waals surface area contributed by atoms with Crippen molar-refractivity contribution in [3.8, 4) is 11.4 Å². The minimum absolute atomic E-state index is 0.0172. The third-order valence-electron chi connectivity index (χ3n) is 8.32. The Balaban J connectivity index is 1.23. The van der Waals surface area contributed by atoms with Crippen LogP contribution >= 0.6 is 0 Å². The summed E-state index contributed by atoms with van der Waals surface area (Å²) < 4.78 is 34.7. The van der Waals surface area contributed by atoms with Crippen molar-refractivity contribution in [1.82, 2.24) is 25.0 Å². The Morgan fingerprint density at radius 3 is 2.22 bits per heavy atom. The maximum atomic E-state index is 13.2. The minimum Gasteiger partial charge on any atom is -0.424 e. The van der Waals surface area contributed by atoms with Crippen LogP contribution in [0.15, 0.2) is 28.7 Å². The molecule has 32 heavy (non-hydrogen) atoms. The number of halogens is 2. The van der Waals surface area contributed by atoms with Crippen molar-refractivity contribution < 1.29 is 13.2 Å². The molecule has 0 spiro atoms. The van der Waals surface area contributed by atoms with Crippen LogP contribution < -0.4 is 0 Å². The normalized spacial score (nSPS) is 29.2. The van der Waals surface area contributed by atoms with Gasteiger partial charge in [-0.2, -0.15) is 0 Å². The Labute approximate surface area is 185 Å². The standard InChI is InChI=1S/C24H27F2N5O/c1-15-5-3-4-6-17(15)18-27-29-20(31(18)2)22-7-10-23(11-8-22,12-9-22)21-30-28-19(32-21)16-13-24(25,26)14-16/h3-6,16H,7-14H2,1-2H3. The maximum absolute atomic E-state index is 13.2. The molecule has 0 saturated heterocycles. The zero-order valence-corrected chi connectivity index (χ0v) is 18.4. The Morgan fingerprint density at radius 2 is 1.56 bits per heavy atom. The average Bonchev–Trinajstić information content (AvgIpc) is 3.42. The van der Waals surface area contributed by atoms with Gasteiger partial charge in [0.2, 0.25) is 17.7 Å². The van der Waals surface area contributed by atoms with Gasteiger partial charge in [-0.15, -0.1) is 20.4 Å². The van der Waals surface area contributed by atoms with Crippen molar-refractivity contribution in [2.45, 2.75) is 81.0 Å². The lowest BCUT2D eigenvalue weighted by molar-refractivity contribution is -0.0922. The zero-order valence-electron chi connectivity index (χ0n) is 18.4. The molecule has 0 atom stereocenters. The Kier molecular flexibility index (Phi) is 4.18. The van der Waals surface area contributed by atoms with E-state index in [-0.39, 0.29) is 29.6 Å². The van der Waals surface area contributed by atoms with Gasteiger partial charge in [-0.05, 0) is 51.0 Å². The molecular weight excluding hydrogens is 412 g/mol. The quantitative estimate of drug-likeness (QED) is 0.557. The Bertz CT molecular complexity index is 1150. The van der Waals surface area contributed by atoms with Crippen molar-refractivity contribution in [3.63, 3.8) is 0 Å². The van der Waals surface area contributed by atoms with Crippen LogP contribution in [0.25, 0.3) is 11.4 Å². The van der Waals surface area contributed by atoms with Gasteiger partial charge < -0.3 is 8.98 Å². The minimum atomic E-state index is -2.58. The number of rotatable bonds is 4. The van der Waals surface area contributed by atoms with Gasteiger partial charge in [0.05, 0.1) is 0 Å². The van der Waals surface area contributed by atoms with Crippen LogP contribution in [0.4, 0.5) is 8.78 Å². The molecule has 0 amide bonds. The van der Waals surface area contributed by atoms with Gasteiger partial charge >= 0.3 is 0 Å². The smallest absolute Gasteiger partial charge is 0.249 e. The average molecular weight is 440 g/mol. The van der Waals surface area contributed by atoms with Crippen LogP contribution in [0.1, 0.15) is 80.5 Å². The van der Waals surface area contributed by atoms with E-state index in [1.165, 1.54) is 5.56 Å². The summed E-state index contributed by atoms with van der Waals surface area (Å²) in [5.41, 5.74) is 2.20. The molecule has 1 aromatic carbocycles. The predicted octanol–water partition coefficient (Wildman–Crippen LogP) is 5.23. The second kappa shape index (κ2) is 6.68. The van der Waals surface area contributed by atoms with Crippen LogP contribution in [-0.2, 0) is 17.9 Å². The Morgan fingerprint density at radius 1 is 0.906 bits per heavy atom. The van der Waals surface area contributed by atoms with E-state index in [1.54, 1.807) is 0 Å². The van der Waals surface area contributed by atoms with E-state index in [9.17, 15) is 8.78 Å². The molecule has 2 heterocycles. The number of nitrogens with zero attached hydrogens (tertiary/aromatic N) is 5. The van der Waals surface area contributed by atoms with E-state index >= 15 is 0 Å². The molecule has 0 N–H and O–H groups in total. The number of benzene rings is 1. The molecule has 2 bridgehead atoms. The third-order valence-corrected chi connectivity index (χ3v) is 8.32. The third kappa shape index (κ3) is 2.87. The number of hydrogen-bond acceptors (Lipinski definition) is 5. The lowest BCUT2D eigenvalue weighted by Gasteiger charge is -2.51. The van der Waals surface area contributed by atoms with Gasteiger partial charge in [0.1, 0.15) is 5.82 Å². The first-order chi connectivity index (χ1) is 15.3. The van der Waals surface area contributed by atoms with E-state index in [0.29, 0.717) is 11.8 Å². The molecule has 7 rings (SSSR count). The summed E-state index contributed by atoms with van der Waals surface area (Å²) in [7, 11) is 2.07. The number of alkyl halides is 2. The summed E-state index contributed by atoms with van der Waals surface area (Å²) >= 11 is 0.